The first-order valence-corrected chi connectivity index (χ1v) is 8.25. The van der Waals surface area contributed by atoms with E-state index < -0.39 is 11.4 Å². The maximum atomic E-state index is 11.8. The molecule has 2 fully saturated rings. The number of aliphatic carboxylic acids is 1. The van der Waals surface area contributed by atoms with Gasteiger partial charge >= 0.3 is 5.97 Å². The van der Waals surface area contributed by atoms with Gasteiger partial charge in [-0.1, -0.05) is 12.1 Å². The first kappa shape index (κ1) is 16.3. The molecule has 0 bridgehead atoms. The van der Waals surface area contributed by atoms with Crippen LogP contribution in [0.4, 0.5) is 0 Å². The molecule has 0 unspecified atom stereocenters. The second-order valence-corrected chi connectivity index (χ2v) is 6.76. The third-order valence-corrected chi connectivity index (χ3v) is 5.42. The average molecular weight is 319 g/mol. The van der Waals surface area contributed by atoms with Gasteiger partial charge in [0, 0.05) is 32.2 Å². The van der Waals surface area contributed by atoms with E-state index in [2.05, 4.69) is 24.8 Å². The van der Waals surface area contributed by atoms with Gasteiger partial charge in [0.1, 0.15) is 12.4 Å². The molecule has 2 atom stereocenters. The maximum Gasteiger partial charge on any atom is 0.311 e. The second-order valence-electron chi connectivity index (χ2n) is 6.76. The summed E-state index contributed by atoms with van der Waals surface area (Å²) in [6.45, 7) is 7.95. The highest BCUT2D eigenvalue weighted by Crippen LogP contribution is 2.42. The van der Waals surface area contributed by atoms with E-state index in [1.165, 1.54) is 5.56 Å². The minimum Gasteiger partial charge on any atom is -0.492 e. The molecule has 0 radical (unpaired) electrons. The fraction of sp³-hybridized carbons (Fsp3) is 0.611. The van der Waals surface area contributed by atoms with Gasteiger partial charge in [0.25, 0.3) is 0 Å². The molecule has 1 aromatic rings. The molecule has 0 saturated carbocycles. The van der Waals surface area contributed by atoms with Crippen molar-refractivity contribution in [3.05, 3.63) is 29.3 Å². The Labute approximate surface area is 137 Å². The average Bonchev–Trinajstić information content (AvgIpc) is 2.91. The van der Waals surface area contributed by atoms with Crippen molar-refractivity contribution in [1.82, 2.24) is 4.90 Å². The van der Waals surface area contributed by atoms with Gasteiger partial charge in [0.2, 0.25) is 0 Å². The van der Waals surface area contributed by atoms with Crippen molar-refractivity contribution in [1.29, 1.82) is 0 Å². The Kier molecular flexibility index (Phi) is 4.60. The van der Waals surface area contributed by atoms with Crippen molar-refractivity contribution in [2.75, 3.05) is 39.5 Å². The quantitative estimate of drug-likeness (QED) is 0.901. The monoisotopic (exact) mass is 319 g/mol. The molecule has 1 N–H and O–H groups in total. The molecule has 0 spiro atoms. The summed E-state index contributed by atoms with van der Waals surface area (Å²) in [6, 6.07) is 6.06. The molecular formula is C18H25NO4. The summed E-state index contributed by atoms with van der Waals surface area (Å²) in [6.07, 6.45) is 0.612. The Balaban J connectivity index is 1.57. The van der Waals surface area contributed by atoms with E-state index in [1.54, 1.807) is 0 Å². The number of ether oxygens (including phenoxy) is 2. The van der Waals surface area contributed by atoms with Crippen LogP contribution in [0.25, 0.3) is 0 Å². The predicted octanol–water partition coefficient (Wildman–Crippen LogP) is 2.11. The van der Waals surface area contributed by atoms with E-state index >= 15 is 0 Å². The molecule has 2 heterocycles. The SMILES string of the molecule is Cc1cccc(OCCN2C[C@@H]3COCC[C@]3(C(=O)O)C2)c1C. The van der Waals surface area contributed by atoms with E-state index in [1.807, 2.05) is 12.1 Å². The van der Waals surface area contributed by atoms with Gasteiger partial charge in [0.05, 0.1) is 12.0 Å². The molecular weight excluding hydrogens is 294 g/mol. The van der Waals surface area contributed by atoms with Gasteiger partial charge in [-0.3, -0.25) is 9.69 Å². The van der Waals surface area contributed by atoms with Crippen LogP contribution in [0.5, 0.6) is 5.75 Å². The van der Waals surface area contributed by atoms with E-state index in [4.69, 9.17) is 9.47 Å². The largest absolute Gasteiger partial charge is 0.492 e. The van der Waals surface area contributed by atoms with Crippen LogP contribution in [0, 0.1) is 25.2 Å². The molecule has 23 heavy (non-hydrogen) atoms. The summed E-state index contributed by atoms with van der Waals surface area (Å²) in [5, 5.41) is 9.67. The molecule has 0 amide bonds. The van der Waals surface area contributed by atoms with Gasteiger partial charge in [0.15, 0.2) is 0 Å². The zero-order valence-electron chi connectivity index (χ0n) is 13.9. The topological polar surface area (TPSA) is 59.0 Å². The number of aryl methyl sites for hydroxylation is 1. The number of rotatable bonds is 5. The van der Waals surface area contributed by atoms with Crippen molar-refractivity contribution in [3.8, 4) is 5.75 Å². The number of hydrogen-bond donors (Lipinski definition) is 1. The number of hydrogen-bond acceptors (Lipinski definition) is 4. The zero-order valence-corrected chi connectivity index (χ0v) is 13.9. The molecule has 2 aliphatic heterocycles. The predicted molar refractivity (Wildman–Crippen MR) is 86.8 cm³/mol. The molecule has 5 nitrogen and oxygen atoms in total. The zero-order chi connectivity index (χ0) is 16.4. The Bertz CT molecular complexity index is 588. The van der Waals surface area contributed by atoms with Gasteiger partial charge in [-0.25, -0.2) is 0 Å². The number of carboxylic acids is 1. The van der Waals surface area contributed by atoms with Crippen LogP contribution in [-0.2, 0) is 9.53 Å². The highest BCUT2D eigenvalue weighted by molar-refractivity contribution is 5.76. The fourth-order valence-corrected chi connectivity index (χ4v) is 3.74. The van der Waals surface area contributed by atoms with Crippen LogP contribution in [0.1, 0.15) is 17.5 Å². The van der Waals surface area contributed by atoms with Gasteiger partial charge in [-0.15, -0.1) is 0 Å². The summed E-state index contributed by atoms with van der Waals surface area (Å²) >= 11 is 0. The van der Waals surface area contributed by atoms with Crippen molar-refractivity contribution in [2.45, 2.75) is 20.3 Å². The molecule has 2 aliphatic rings. The van der Waals surface area contributed by atoms with E-state index in [9.17, 15) is 9.90 Å². The standard InChI is InChI=1S/C18H25NO4/c1-13-4-3-5-16(14(13)2)23-9-7-19-10-15-11-22-8-6-18(15,12-19)17(20)21/h3-5,15H,6-12H2,1-2H3,(H,20,21)/t15-,18+/m1/s1. The Hall–Kier alpha value is -1.59. The van der Waals surface area contributed by atoms with E-state index in [0.717, 1.165) is 24.4 Å². The fourth-order valence-electron chi connectivity index (χ4n) is 3.74. The number of nitrogens with zero attached hydrogens (tertiary/aromatic N) is 1. The van der Waals surface area contributed by atoms with Crippen LogP contribution in [0.2, 0.25) is 0 Å². The van der Waals surface area contributed by atoms with Crippen LogP contribution in [0.15, 0.2) is 18.2 Å². The minimum atomic E-state index is -0.677. The van der Waals surface area contributed by atoms with E-state index in [0.29, 0.717) is 32.8 Å². The summed E-state index contributed by atoms with van der Waals surface area (Å²) in [4.78, 5) is 14.0. The van der Waals surface area contributed by atoms with E-state index in [-0.39, 0.29) is 5.92 Å². The number of benzene rings is 1. The maximum absolute atomic E-state index is 11.8. The Morgan fingerprint density at radius 1 is 1.48 bits per heavy atom. The summed E-state index contributed by atoms with van der Waals surface area (Å²) < 4.78 is 11.4. The summed E-state index contributed by atoms with van der Waals surface area (Å²) in [5.41, 5.74) is 1.76. The molecule has 1 aromatic carbocycles. The first-order chi connectivity index (χ1) is 11.0. The molecule has 3 rings (SSSR count). The third-order valence-electron chi connectivity index (χ3n) is 5.42. The first-order valence-electron chi connectivity index (χ1n) is 8.25. The lowest BCUT2D eigenvalue weighted by molar-refractivity contribution is -0.157. The lowest BCUT2D eigenvalue weighted by atomic mass is 9.74. The Morgan fingerprint density at radius 2 is 2.30 bits per heavy atom. The van der Waals surface area contributed by atoms with Gasteiger partial charge in [-0.05, 0) is 37.5 Å². The molecule has 0 aromatic heterocycles. The summed E-state index contributed by atoms with van der Waals surface area (Å²) in [5.74, 6) is 0.330. The van der Waals surface area contributed by atoms with Gasteiger partial charge in [-0.2, -0.15) is 0 Å². The van der Waals surface area contributed by atoms with Crippen LogP contribution >= 0.6 is 0 Å². The molecule has 0 aliphatic carbocycles. The highest BCUT2D eigenvalue weighted by Gasteiger charge is 2.53. The highest BCUT2D eigenvalue weighted by atomic mass is 16.5. The van der Waals surface area contributed by atoms with Crippen LogP contribution in [-0.4, -0.2) is 55.4 Å². The smallest absolute Gasteiger partial charge is 0.311 e. The number of fused-ring (bicyclic) bond motifs is 1. The normalized spacial score (nSPS) is 27.7. The minimum absolute atomic E-state index is 0.0921. The van der Waals surface area contributed by atoms with Crippen LogP contribution < -0.4 is 4.74 Å². The number of likely N-dealkylation sites (tertiary alicyclic amines) is 1. The lowest BCUT2D eigenvalue weighted by Crippen LogP contribution is -2.44. The van der Waals surface area contributed by atoms with Gasteiger partial charge < -0.3 is 14.6 Å². The number of carboxylic acid groups (broad SMARTS) is 1. The molecule has 5 heteroatoms. The number of carbonyl (C=O) groups is 1. The third kappa shape index (κ3) is 3.08. The van der Waals surface area contributed by atoms with Crippen molar-refractivity contribution < 1.29 is 19.4 Å². The van der Waals surface area contributed by atoms with Crippen molar-refractivity contribution in [3.63, 3.8) is 0 Å². The summed E-state index contributed by atoms with van der Waals surface area (Å²) in [7, 11) is 0. The second kappa shape index (κ2) is 6.49. The van der Waals surface area contributed by atoms with Crippen LogP contribution in [0.3, 0.4) is 0 Å². The Morgan fingerprint density at radius 3 is 3.04 bits per heavy atom. The lowest BCUT2D eigenvalue weighted by Gasteiger charge is -2.34. The van der Waals surface area contributed by atoms with Crippen molar-refractivity contribution >= 4 is 5.97 Å². The molecule has 2 saturated heterocycles. The molecule has 126 valence electrons. The van der Waals surface area contributed by atoms with Crippen molar-refractivity contribution in [2.24, 2.45) is 11.3 Å².